The maximum atomic E-state index is 12.9. The molecule has 1 aromatic heterocycles. The smallest absolute Gasteiger partial charge is 0.354 e. The van der Waals surface area contributed by atoms with Crippen LogP contribution in [0.2, 0.25) is 10.0 Å². The van der Waals surface area contributed by atoms with Gasteiger partial charge in [0.2, 0.25) is 0 Å². The lowest BCUT2D eigenvalue weighted by Gasteiger charge is -2.14. The molecular formula is C17H11Cl2F3N2. The lowest BCUT2D eigenvalue weighted by atomic mass is 10.1. The molecule has 0 spiro atoms. The predicted octanol–water partition coefficient (Wildman–Crippen LogP) is 6.61. The van der Waals surface area contributed by atoms with Crippen LogP contribution in [-0.2, 0) is 6.18 Å². The van der Waals surface area contributed by atoms with Gasteiger partial charge in [-0.3, -0.25) is 4.98 Å². The molecule has 24 heavy (non-hydrogen) atoms. The zero-order valence-electron chi connectivity index (χ0n) is 12.4. The Morgan fingerprint density at radius 2 is 1.71 bits per heavy atom. The van der Waals surface area contributed by atoms with E-state index in [4.69, 9.17) is 23.2 Å². The maximum Gasteiger partial charge on any atom is 0.416 e. The Morgan fingerprint density at radius 1 is 0.958 bits per heavy atom. The standard InChI is InChI=1S/C17H11Cl2F3N2/c1-9-6-15(24-14-5-3-11(18)8-13(14)19)12-4-2-10(17(20,21)22)7-16(12)23-9/h2-8H,1H3,(H,23,24). The molecule has 1 N–H and O–H groups in total. The van der Waals surface area contributed by atoms with Crippen LogP contribution in [0.3, 0.4) is 0 Å². The third kappa shape index (κ3) is 3.42. The molecule has 3 rings (SSSR count). The Labute approximate surface area is 146 Å². The summed E-state index contributed by atoms with van der Waals surface area (Å²) in [5.41, 5.74) is 1.35. The van der Waals surface area contributed by atoms with Gasteiger partial charge in [0, 0.05) is 21.8 Å². The minimum atomic E-state index is -4.41. The van der Waals surface area contributed by atoms with Crippen molar-refractivity contribution in [2.75, 3.05) is 5.32 Å². The average Bonchev–Trinajstić information content (AvgIpc) is 2.48. The van der Waals surface area contributed by atoms with Gasteiger partial charge in [-0.05, 0) is 43.3 Å². The molecule has 2 aromatic carbocycles. The summed E-state index contributed by atoms with van der Waals surface area (Å²) in [4.78, 5) is 4.19. The van der Waals surface area contributed by atoms with E-state index >= 15 is 0 Å². The number of rotatable bonds is 2. The lowest BCUT2D eigenvalue weighted by molar-refractivity contribution is -0.137. The highest BCUT2D eigenvalue weighted by atomic mass is 35.5. The van der Waals surface area contributed by atoms with E-state index in [1.54, 1.807) is 31.2 Å². The van der Waals surface area contributed by atoms with Crippen LogP contribution < -0.4 is 5.32 Å². The molecule has 0 aliphatic carbocycles. The second kappa shape index (κ2) is 6.15. The summed E-state index contributed by atoms with van der Waals surface area (Å²) in [7, 11) is 0. The molecule has 0 amide bonds. The number of nitrogens with one attached hydrogen (secondary N) is 1. The molecular weight excluding hydrogens is 360 g/mol. The third-order valence-electron chi connectivity index (χ3n) is 3.47. The van der Waals surface area contributed by atoms with E-state index in [1.807, 2.05) is 0 Å². The van der Waals surface area contributed by atoms with Crippen LogP contribution in [0.4, 0.5) is 24.5 Å². The number of anilines is 2. The monoisotopic (exact) mass is 370 g/mol. The molecule has 0 radical (unpaired) electrons. The van der Waals surface area contributed by atoms with Crippen LogP contribution in [0.25, 0.3) is 10.9 Å². The van der Waals surface area contributed by atoms with Gasteiger partial charge < -0.3 is 5.32 Å². The molecule has 0 bridgehead atoms. The molecule has 1 heterocycles. The predicted molar refractivity (Wildman–Crippen MR) is 91.2 cm³/mol. The zero-order chi connectivity index (χ0) is 17.5. The van der Waals surface area contributed by atoms with Crippen molar-refractivity contribution in [2.24, 2.45) is 0 Å². The first kappa shape index (κ1) is 16.9. The SMILES string of the molecule is Cc1cc(Nc2ccc(Cl)cc2Cl)c2ccc(C(F)(F)F)cc2n1. The van der Waals surface area contributed by atoms with E-state index in [0.717, 1.165) is 12.1 Å². The molecule has 3 aromatic rings. The minimum absolute atomic E-state index is 0.261. The summed E-state index contributed by atoms with van der Waals surface area (Å²) in [6.45, 7) is 1.72. The number of pyridine rings is 1. The molecule has 0 aliphatic heterocycles. The van der Waals surface area contributed by atoms with Crippen molar-refractivity contribution in [2.45, 2.75) is 13.1 Å². The fourth-order valence-corrected chi connectivity index (χ4v) is 2.83. The summed E-state index contributed by atoms with van der Waals surface area (Å²) in [5, 5.41) is 4.61. The van der Waals surface area contributed by atoms with E-state index in [9.17, 15) is 13.2 Å². The average molecular weight is 371 g/mol. The van der Waals surface area contributed by atoms with Crippen molar-refractivity contribution in [1.82, 2.24) is 4.98 Å². The minimum Gasteiger partial charge on any atom is -0.354 e. The third-order valence-corrected chi connectivity index (χ3v) is 4.01. The summed E-state index contributed by atoms with van der Waals surface area (Å²) < 4.78 is 38.6. The van der Waals surface area contributed by atoms with E-state index in [2.05, 4.69) is 10.3 Å². The van der Waals surface area contributed by atoms with Crippen LogP contribution in [0.5, 0.6) is 0 Å². The zero-order valence-corrected chi connectivity index (χ0v) is 13.9. The van der Waals surface area contributed by atoms with Gasteiger partial charge in [-0.2, -0.15) is 13.2 Å². The van der Waals surface area contributed by atoms with Crippen molar-refractivity contribution in [3.05, 3.63) is 63.8 Å². The summed E-state index contributed by atoms with van der Waals surface area (Å²) in [6, 6.07) is 10.2. The highest BCUT2D eigenvalue weighted by Crippen LogP contribution is 2.35. The number of aromatic nitrogens is 1. The maximum absolute atomic E-state index is 12.9. The van der Waals surface area contributed by atoms with Crippen LogP contribution in [0, 0.1) is 6.92 Å². The molecule has 0 saturated heterocycles. The normalized spacial score (nSPS) is 11.8. The fourth-order valence-electron chi connectivity index (χ4n) is 2.38. The van der Waals surface area contributed by atoms with Crippen LogP contribution in [0.15, 0.2) is 42.5 Å². The fraction of sp³-hybridized carbons (Fsp3) is 0.118. The van der Waals surface area contributed by atoms with Gasteiger partial charge in [-0.25, -0.2) is 0 Å². The van der Waals surface area contributed by atoms with Crippen LogP contribution >= 0.6 is 23.2 Å². The van der Waals surface area contributed by atoms with Gasteiger partial charge in [0.25, 0.3) is 0 Å². The van der Waals surface area contributed by atoms with Gasteiger partial charge in [-0.15, -0.1) is 0 Å². The van der Waals surface area contributed by atoms with Crippen molar-refractivity contribution in [3.8, 4) is 0 Å². The quantitative estimate of drug-likeness (QED) is 0.548. The molecule has 124 valence electrons. The van der Waals surface area contributed by atoms with Crippen LogP contribution in [-0.4, -0.2) is 4.98 Å². The van der Waals surface area contributed by atoms with Gasteiger partial charge >= 0.3 is 6.18 Å². The summed E-state index contributed by atoms with van der Waals surface area (Å²) >= 11 is 12.0. The first-order valence-electron chi connectivity index (χ1n) is 6.95. The lowest BCUT2D eigenvalue weighted by Crippen LogP contribution is -2.05. The van der Waals surface area contributed by atoms with Crippen molar-refractivity contribution >= 4 is 45.5 Å². The van der Waals surface area contributed by atoms with Crippen molar-refractivity contribution < 1.29 is 13.2 Å². The summed E-state index contributed by atoms with van der Waals surface area (Å²) in [5.74, 6) is 0. The number of halogens is 5. The number of benzene rings is 2. The highest BCUT2D eigenvalue weighted by molar-refractivity contribution is 6.36. The molecule has 0 aliphatic rings. The molecule has 7 heteroatoms. The molecule has 2 nitrogen and oxygen atoms in total. The van der Waals surface area contributed by atoms with Crippen LogP contribution in [0.1, 0.15) is 11.3 Å². The van der Waals surface area contributed by atoms with Gasteiger partial charge in [0.1, 0.15) is 0 Å². The molecule has 0 atom stereocenters. The van der Waals surface area contributed by atoms with Crippen molar-refractivity contribution in [3.63, 3.8) is 0 Å². The van der Waals surface area contributed by atoms with Gasteiger partial charge in [-0.1, -0.05) is 29.3 Å². The largest absolute Gasteiger partial charge is 0.416 e. The van der Waals surface area contributed by atoms with Gasteiger partial charge in [0.15, 0.2) is 0 Å². The van der Waals surface area contributed by atoms with Gasteiger partial charge in [0.05, 0.1) is 21.8 Å². The second-order valence-electron chi connectivity index (χ2n) is 5.29. The number of fused-ring (bicyclic) bond motifs is 1. The van der Waals surface area contributed by atoms with E-state index in [0.29, 0.717) is 32.5 Å². The first-order chi connectivity index (χ1) is 11.2. The Hall–Kier alpha value is -1.98. The number of hydrogen-bond acceptors (Lipinski definition) is 2. The highest BCUT2D eigenvalue weighted by Gasteiger charge is 2.30. The molecule has 0 fully saturated rings. The summed E-state index contributed by atoms with van der Waals surface area (Å²) in [6.07, 6.45) is -4.41. The Kier molecular flexibility index (Phi) is 4.32. The first-order valence-corrected chi connectivity index (χ1v) is 7.70. The number of alkyl halides is 3. The Morgan fingerprint density at radius 3 is 2.38 bits per heavy atom. The number of hydrogen-bond donors (Lipinski definition) is 1. The Balaban J connectivity index is 2.10. The topological polar surface area (TPSA) is 24.9 Å². The number of nitrogens with zero attached hydrogens (tertiary/aromatic N) is 1. The van der Waals surface area contributed by atoms with E-state index in [-0.39, 0.29) is 5.52 Å². The van der Waals surface area contributed by atoms with Crippen molar-refractivity contribution in [1.29, 1.82) is 0 Å². The second-order valence-corrected chi connectivity index (χ2v) is 6.13. The molecule has 0 unspecified atom stereocenters. The van der Waals surface area contributed by atoms with E-state index in [1.165, 1.54) is 6.07 Å². The van der Waals surface area contributed by atoms with E-state index < -0.39 is 11.7 Å². The molecule has 0 saturated carbocycles. The Bertz CT molecular complexity index is 924. The number of aryl methyl sites for hydroxylation is 1.